The molecule has 2 aromatic carbocycles. The lowest BCUT2D eigenvalue weighted by Crippen LogP contribution is -2.31. The first kappa shape index (κ1) is 16.9. The largest absolute Gasteiger partial charge is 0.495 e. The average Bonchev–Trinajstić information content (AvgIpc) is 3.05. The van der Waals surface area contributed by atoms with Crippen molar-refractivity contribution in [3.63, 3.8) is 0 Å². The molecule has 2 heterocycles. The predicted molar refractivity (Wildman–Crippen MR) is 105 cm³/mol. The standard InChI is InChI=1S/C21H19N3O3/c1-13(16-8-5-6-10-22-16)23-21(25)24-17-12-19-15(11-20(17)26-2)14-7-3-4-9-18(14)27-19/h3-13H,1-2H3,(H2,23,24,25). The van der Waals surface area contributed by atoms with Crippen molar-refractivity contribution >= 4 is 33.7 Å². The number of carbonyl (C=O) groups excluding carboxylic acids is 1. The molecule has 0 saturated heterocycles. The quantitative estimate of drug-likeness (QED) is 0.543. The summed E-state index contributed by atoms with van der Waals surface area (Å²) in [5.41, 5.74) is 2.80. The summed E-state index contributed by atoms with van der Waals surface area (Å²) in [4.78, 5) is 16.7. The summed E-state index contributed by atoms with van der Waals surface area (Å²) in [6, 6.07) is 16.5. The van der Waals surface area contributed by atoms with E-state index in [1.165, 1.54) is 0 Å². The zero-order valence-corrected chi connectivity index (χ0v) is 15.0. The van der Waals surface area contributed by atoms with Gasteiger partial charge >= 0.3 is 6.03 Å². The first-order chi connectivity index (χ1) is 13.2. The lowest BCUT2D eigenvalue weighted by Gasteiger charge is -2.15. The molecule has 2 amide bonds. The van der Waals surface area contributed by atoms with E-state index >= 15 is 0 Å². The van der Waals surface area contributed by atoms with Crippen molar-refractivity contribution in [2.75, 3.05) is 12.4 Å². The maximum absolute atomic E-state index is 12.4. The molecule has 0 fully saturated rings. The Balaban J connectivity index is 1.61. The number of hydrogen-bond acceptors (Lipinski definition) is 4. The van der Waals surface area contributed by atoms with Crippen LogP contribution < -0.4 is 15.4 Å². The van der Waals surface area contributed by atoms with Crippen molar-refractivity contribution in [3.8, 4) is 5.75 Å². The van der Waals surface area contributed by atoms with Gasteiger partial charge < -0.3 is 19.8 Å². The Hall–Kier alpha value is -3.54. The van der Waals surface area contributed by atoms with Gasteiger partial charge in [-0.15, -0.1) is 0 Å². The molecule has 2 N–H and O–H groups in total. The highest BCUT2D eigenvalue weighted by Gasteiger charge is 2.15. The molecule has 1 unspecified atom stereocenters. The van der Waals surface area contributed by atoms with E-state index in [2.05, 4.69) is 15.6 Å². The molecule has 0 bridgehead atoms. The molecule has 1 atom stereocenters. The van der Waals surface area contributed by atoms with Crippen LogP contribution in [0.3, 0.4) is 0 Å². The fourth-order valence-electron chi connectivity index (χ4n) is 3.08. The number of ether oxygens (including phenoxy) is 1. The molecule has 6 nitrogen and oxygen atoms in total. The first-order valence-electron chi connectivity index (χ1n) is 8.63. The number of pyridine rings is 1. The Morgan fingerprint density at radius 1 is 1.07 bits per heavy atom. The van der Waals surface area contributed by atoms with Crippen molar-refractivity contribution in [2.24, 2.45) is 0 Å². The molecule has 0 saturated carbocycles. The van der Waals surface area contributed by atoms with Crippen LogP contribution in [0.25, 0.3) is 21.9 Å². The molecule has 4 aromatic rings. The Kier molecular flexibility index (Phi) is 4.38. The number of fused-ring (bicyclic) bond motifs is 3. The van der Waals surface area contributed by atoms with Gasteiger partial charge in [0.15, 0.2) is 0 Å². The minimum atomic E-state index is -0.345. The van der Waals surface area contributed by atoms with Crippen LogP contribution in [-0.2, 0) is 0 Å². The summed E-state index contributed by atoms with van der Waals surface area (Å²) in [5, 5.41) is 7.65. The Morgan fingerprint density at radius 2 is 1.89 bits per heavy atom. The molecular weight excluding hydrogens is 342 g/mol. The molecule has 0 spiro atoms. The van der Waals surface area contributed by atoms with Crippen LogP contribution in [0.4, 0.5) is 10.5 Å². The summed E-state index contributed by atoms with van der Waals surface area (Å²) < 4.78 is 11.4. The van der Waals surface area contributed by atoms with Gasteiger partial charge in [0.25, 0.3) is 0 Å². The van der Waals surface area contributed by atoms with Crippen molar-refractivity contribution in [2.45, 2.75) is 13.0 Å². The van der Waals surface area contributed by atoms with Crippen LogP contribution in [-0.4, -0.2) is 18.1 Å². The number of carbonyl (C=O) groups is 1. The van der Waals surface area contributed by atoms with Gasteiger partial charge in [-0.05, 0) is 31.2 Å². The maximum atomic E-state index is 12.4. The molecule has 0 aliphatic carbocycles. The Labute approximate surface area is 156 Å². The normalized spacial score (nSPS) is 12.1. The molecule has 6 heteroatoms. The number of hydrogen-bond donors (Lipinski definition) is 2. The summed E-state index contributed by atoms with van der Waals surface area (Å²) >= 11 is 0. The Bertz CT molecular complexity index is 1110. The van der Waals surface area contributed by atoms with E-state index in [1.54, 1.807) is 19.4 Å². The number of benzene rings is 2. The number of methoxy groups -OCH3 is 1. The number of furan rings is 1. The third-order valence-electron chi connectivity index (χ3n) is 4.43. The minimum Gasteiger partial charge on any atom is -0.495 e. The lowest BCUT2D eigenvalue weighted by molar-refractivity contribution is 0.249. The van der Waals surface area contributed by atoms with Crippen LogP contribution in [0.15, 0.2) is 65.2 Å². The topological polar surface area (TPSA) is 76.4 Å². The zero-order chi connectivity index (χ0) is 18.8. The number of urea groups is 1. The summed E-state index contributed by atoms with van der Waals surface area (Å²) in [6.07, 6.45) is 1.70. The van der Waals surface area contributed by atoms with E-state index in [1.807, 2.05) is 55.5 Å². The summed E-state index contributed by atoms with van der Waals surface area (Å²) in [6.45, 7) is 1.88. The average molecular weight is 361 g/mol. The summed E-state index contributed by atoms with van der Waals surface area (Å²) in [5.74, 6) is 0.565. The number of nitrogens with zero attached hydrogens (tertiary/aromatic N) is 1. The maximum Gasteiger partial charge on any atom is 0.319 e. The van der Waals surface area contributed by atoms with Crippen molar-refractivity contribution < 1.29 is 13.9 Å². The minimum absolute atomic E-state index is 0.230. The second kappa shape index (κ2) is 6.99. The second-order valence-corrected chi connectivity index (χ2v) is 6.22. The van der Waals surface area contributed by atoms with Gasteiger partial charge in [0.2, 0.25) is 0 Å². The van der Waals surface area contributed by atoms with Crippen molar-refractivity contribution in [1.29, 1.82) is 0 Å². The molecule has 27 heavy (non-hydrogen) atoms. The number of nitrogens with one attached hydrogen (secondary N) is 2. The molecule has 0 aliphatic heterocycles. The predicted octanol–water partition coefficient (Wildman–Crippen LogP) is 4.87. The molecular formula is C21H19N3O3. The number of amides is 2. The number of para-hydroxylation sites is 1. The van der Waals surface area contributed by atoms with Gasteiger partial charge in [-0.25, -0.2) is 4.79 Å². The monoisotopic (exact) mass is 361 g/mol. The SMILES string of the molecule is COc1cc2c(cc1NC(=O)NC(C)c1ccccn1)oc1ccccc12. The van der Waals surface area contributed by atoms with E-state index in [4.69, 9.17) is 9.15 Å². The van der Waals surface area contributed by atoms with Gasteiger partial charge in [0, 0.05) is 23.0 Å². The third-order valence-corrected chi connectivity index (χ3v) is 4.43. The second-order valence-electron chi connectivity index (χ2n) is 6.22. The fraction of sp³-hybridized carbons (Fsp3) is 0.143. The fourth-order valence-corrected chi connectivity index (χ4v) is 3.08. The van der Waals surface area contributed by atoms with Crippen molar-refractivity contribution in [3.05, 3.63) is 66.5 Å². The van der Waals surface area contributed by atoms with Gasteiger partial charge in [-0.1, -0.05) is 24.3 Å². The van der Waals surface area contributed by atoms with Crippen molar-refractivity contribution in [1.82, 2.24) is 10.3 Å². The number of anilines is 1. The highest BCUT2D eigenvalue weighted by Crippen LogP contribution is 2.36. The van der Waals surface area contributed by atoms with Gasteiger partial charge in [-0.2, -0.15) is 0 Å². The van der Waals surface area contributed by atoms with Gasteiger partial charge in [0.05, 0.1) is 24.5 Å². The number of rotatable bonds is 4. The number of aromatic nitrogens is 1. The van der Waals surface area contributed by atoms with E-state index in [0.29, 0.717) is 17.0 Å². The lowest BCUT2D eigenvalue weighted by atomic mass is 10.1. The zero-order valence-electron chi connectivity index (χ0n) is 15.0. The molecule has 2 aromatic heterocycles. The van der Waals surface area contributed by atoms with E-state index < -0.39 is 0 Å². The van der Waals surface area contributed by atoms with Crippen LogP contribution >= 0.6 is 0 Å². The summed E-state index contributed by atoms with van der Waals surface area (Å²) in [7, 11) is 1.57. The van der Waals surface area contributed by atoms with Crippen LogP contribution in [0, 0.1) is 0 Å². The molecule has 4 rings (SSSR count). The smallest absolute Gasteiger partial charge is 0.319 e. The van der Waals surface area contributed by atoms with E-state index in [-0.39, 0.29) is 12.1 Å². The van der Waals surface area contributed by atoms with Crippen LogP contribution in [0.2, 0.25) is 0 Å². The highest BCUT2D eigenvalue weighted by molar-refractivity contribution is 6.07. The van der Waals surface area contributed by atoms with Crippen LogP contribution in [0.1, 0.15) is 18.7 Å². The molecule has 0 radical (unpaired) electrons. The van der Waals surface area contributed by atoms with Gasteiger partial charge in [0.1, 0.15) is 16.9 Å². The van der Waals surface area contributed by atoms with Gasteiger partial charge in [-0.3, -0.25) is 4.98 Å². The Morgan fingerprint density at radius 3 is 2.67 bits per heavy atom. The highest BCUT2D eigenvalue weighted by atomic mass is 16.5. The molecule has 0 aliphatic rings. The third kappa shape index (κ3) is 3.29. The van der Waals surface area contributed by atoms with E-state index in [0.717, 1.165) is 22.0 Å². The van der Waals surface area contributed by atoms with Crippen LogP contribution in [0.5, 0.6) is 5.75 Å². The van der Waals surface area contributed by atoms with E-state index in [9.17, 15) is 4.79 Å². The first-order valence-corrected chi connectivity index (χ1v) is 8.63. The molecule has 136 valence electrons.